The molecule has 1 atom stereocenters. The van der Waals surface area contributed by atoms with Gasteiger partial charge >= 0.3 is 5.97 Å². The fourth-order valence-corrected chi connectivity index (χ4v) is 4.17. The van der Waals surface area contributed by atoms with E-state index in [2.05, 4.69) is 9.97 Å². The van der Waals surface area contributed by atoms with E-state index in [1.807, 2.05) is 23.5 Å². The molecule has 0 bridgehead atoms. The van der Waals surface area contributed by atoms with Crippen molar-refractivity contribution in [2.24, 2.45) is 0 Å². The Hall–Kier alpha value is -0.950. The maximum Gasteiger partial charge on any atom is 0.343 e. The summed E-state index contributed by atoms with van der Waals surface area (Å²) < 4.78 is 4.89. The number of hydrogen-bond acceptors (Lipinski definition) is 7. The minimum absolute atomic E-state index is 0.203. The lowest BCUT2D eigenvalue weighted by molar-refractivity contribution is 0.0526. The van der Waals surface area contributed by atoms with Gasteiger partial charge in [-0.05, 0) is 6.92 Å². The van der Waals surface area contributed by atoms with Gasteiger partial charge in [0.15, 0.2) is 0 Å². The zero-order valence-corrected chi connectivity index (χ0v) is 11.7. The molecule has 2 rings (SSSR count). The highest BCUT2D eigenvalue weighted by Gasteiger charge is 2.21. The second-order valence-electron chi connectivity index (χ2n) is 3.68. The molecule has 0 amide bonds. The molecule has 5 nitrogen and oxygen atoms in total. The van der Waals surface area contributed by atoms with Gasteiger partial charge in [-0.15, -0.1) is 11.8 Å². The van der Waals surface area contributed by atoms with E-state index in [-0.39, 0.29) is 16.6 Å². The van der Waals surface area contributed by atoms with Crippen molar-refractivity contribution in [3.8, 4) is 0 Å². The lowest BCUT2D eigenvalue weighted by Crippen LogP contribution is -2.15. The van der Waals surface area contributed by atoms with Gasteiger partial charge in [0, 0.05) is 23.5 Å². The van der Waals surface area contributed by atoms with Crippen LogP contribution >= 0.6 is 23.5 Å². The Balaban J connectivity index is 2.16. The first-order valence-corrected chi connectivity index (χ1v) is 7.91. The number of hydrogen-bond donors (Lipinski definition) is 1. The standard InChI is InChI=1S/C11H15N3O2S2/c1-2-16-11(15)7-5-13-10(14-9(7)12)8-6-17-3-4-18-8/h5,8H,2-4,6H2,1H3,(H2,12,13,14). The van der Waals surface area contributed by atoms with Crippen molar-refractivity contribution in [2.75, 3.05) is 29.6 Å². The lowest BCUT2D eigenvalue weighted by atomic mass is 10.3. The molecule has 0 aromatic carbocycles. The second-order valence-corrected chi connectivity index (χ2v) is 6.14. The number of esters is 1. The Bertz CT molecular complexity index is 436. The summed E-state index contributed by atoms with van der Waals surface area (Å²) in [6.45, 7) is 2.06. The highest BCUT2D eigenvalue weighted by molar-refractivity contribution is 8.06. The summed E-state index contributed by atoms with van der Waals surface area (Å²) in [4.78, 5) is 20.0. The number of thioether (sulfide) groups is 2. The molecule has 1 unspecified atom stereocenters. The highest BCUT2D eigenvalue weighted by Crippen LogP contribution is 2.35. The zero-order chi connectivity index (χ0) is 13.0. The van der Waals surface area contributed by atoms with Crippen LogP contribution in [0.2, 0.25) is 0 Å². The summed E-state index contributed by atoms with van der Waals surface area (Å²) in [6, 6.07) is 0. The maximum atomic E-state index is 11.6. The number of carbonyl (C=O) groups is 1. The summed E-state index contributed by atoms with van der Waals surface area (Å²) in [5.41, 5.74) is 6.04. The van der Waals surface area contributed by atoms with Crippen LogP contribution in [0.1, 0.15) is 28.4 Å². The van der Waals surface area contributed by atoms with Crippen molar-refractivity contribution in [3.63, 3.8) is 0 Å². The predicted molar refractivity (Wildman–Crippen MR) is 74.9 cm³/mol. The summed E-state index contributed by atoms with van der Waals surface area (Å²) >= 11 is 3.72. The third-order valence-corrected chi connectivity index (χ3v) is 5.19. The topological polar surface area (TPSA) is 78.1 Å². The van der Waals surface area contributed by atoms with Crippen LogP contribution in [-0.2, 0) is 4.74 Å². The van der Waals surface area contributed by atoms with Gasteiger partial charge in [-0.25, -0.2) is 14.8 Å². The minimum atomic E-state index is -0.466. The van der Waals surface area contributed by atoms with Crippen molar-refractivity contribution in [3.05, 3.63) is 17.6 Å². The average Bonchev–Trinajstić information content (AvgIpc) is 2.40. The van der Waals surface area contributed by atoms with E-state index in [4.69, 9.17) is 10.5 Å². The Morgan fingerprint density at radius 3 is 3.06 bits per heavy atom. The van der Waals surface area contributed by atoms with Gasteiger partial charge in [0.25, 0.3) is 0 Å². The Morgan fingerprint density at radius 2 is 2.44 bits per heavy atom. The maximum absolute atomic E-state index is 11.6. The van der Waals surface area contributed by atoms with Crippen LogP contribution < -0.4 is 5.73 Å². The quantitative estimate of drug-likeness (QED) is 0.848. The van der Waals surface area contributed by atoms with Gasteiger partial charge in [0.1, 0.15) is 17.2 Å². The van der Waals surface area contributed by atoms with Gasteiger partial charge in [-0.3, -0.25) is 0 Å². The lowest BCUT2D eigenvalue weighted by Gasteiger charge is -2.19. The van der Waals surface area contributed by atoms with Gasteiger partial charge in [-0.2, -0.15) is 11.8 Å². The minimum Gasteiger partial charge on any atom is -0.462 e. The van der Waals surface area contributed by atoms with Crippen LogP contribution in [0.15, 0.2) is 6.20 Å². The van der Waals surface area contributed by atoms with E-state index in [0.717, 1.165) is 17.3 Å². The predicted octanol–water partition coefficient (Wildman–Crippen LogP) is 1.76. The summed E-state index contributed by atoms with van der Waals surface area (Å²) in [7, 11) is 0. The molecule has 0 aliphatic carbocycles. The molecule has 0 spiro atoms. The van der Waals surface area contributed by atoms with Gasteiger partial charge in [0.05, 0.1) is 11.9 Å². The van der Waals surface area contributed by atoms with Crippen LogP contribution in [0.25, 0.3) is 0 Å². The molecule has 1 aliphatic heterocycles. The number of aromatic nitrogens is 2. The van der Waals surface area contributed by atoms with Gasteiger partial charge in [0.2, 0.25) is 0 Å². The molecule has 2 heterocycles. The normalized spacial score (nSPS) is 19.5. The second kappa shape index (κ2) is 6.29. The van der Waals surface area contributed by atoms with Crippen LogP contribution in [0.3, 0.4) is 0 Å². The molecule has 7 heteroatoms. The number of rotatable bonds is 3. The summed E-state index contributed by atoms with van der Waals surface area (Å²) in [6.07, 6.45) is 1.47. The van der Waals surface area contributed by atoms with E-state index in [1.54, 1.807) is 6.92 Å². The van der Waals surface area contributed by atoms with Crippen molar-refractivity contribution >= 4 is 35.3 Å². The highest BCUT2D eigenvalue weighted by atomic mass is 32.2. The molecule has 1 aromatic rings. The van der Waals surface area contributed by atoms with Crippen molar-refractivity contribution in [2.45, 2.75) is 12.2 Å². The number of nitrogens with two attached hydrogens (primary N) is 1. The van der Waals surface area contributed by atoms with E-state index in [1.165, 1.54) is 6.20 Å². The monoisotopic (exact) mass is 285 g/mol. The molecular weight excluding hydrogens is 270 g/mol. The van der Waals surface area contributed by atoms with Gasteiger partial charge in [-0.1, -0.05) is 0 Å². The first kappa shape index (κ1) is 13.5. The first-order valence-electron chi connectivity index (χ1n) is 5.71. The molecule has 1 aliphatic rings. The summed E-state index contributed by atoms with van der Waals surface area (Å²) in [5.74, 6) is 3.69. The fraction of sp³-hybridized carbons (Fsp3) is 0.545. The van der Waals surface area contributed by atoms with Crippen molar-refractivity contribution < 1.29 is 9.53 Å². The van der Waals surface area contributed by atoms with Crippen LogP contribution in [-0.4, -0.2) is 39.8 Å². The van der Waals surface area contributed by atoms with E-state index in [9.17, 15) is 4.79 Å². The number of ether oxygens (including phenoxy) is 1. The van der Waals surface area contributed by atoms with Crippen LogP contribution in [0.5, 0.6) is 0 Å². The first-order chi connectivity index (χ1) is 8.72. The molecule has 1 aromatic heterocycles. The molecular formula is C11H15N3O2S2. The number of anilines is 1. The number of carbonyl (C=O) groups excluding carboxylic acids is 1. The summed E-state index contributed by atoms with van der Waals surface area (Å²) in [5, 5.41) is 0.266. The van der Waals surface area contributed by atoms with E-state index >= 15 is 0 Å². The third kappa shape index (κ3) is 3.08. The number of nitrogen functional groups attached to an aromatic ring is 1. The van der Waals surface area contributed by atoms with E-state index in [0.29, 0.717) is 12.4 Å². The van der Waals surface area contributed by atoms with E-state index < -0.39 is 5.97 Å². The molecule has 0 saturated carbocycles. The van der Waals surface area contributed by atoms with Crippen molar-refractivity contribution in [1.82, 2.24) is 9.97 Å². The molecule has 2 N–H and O–H groups in total. The SMILES string of the molecule is CCOC(=O)c1cnc(C2CSCCS2)nc1N. The zero-order valence-electron chi connectivity index (χ0n) is 10.1. The fourth-order valence-electron chi connectivity index (χ4n) is 1.57. The average molecular weight is 285 g/mol. The largest absolute Gasteiger partial charge is 0.462 e. The van der Waals surface area contributed by atoms with Gasteiger partial charge < -0.3 is 10.5 Å². The molecule has 18 heavy (non-hydrogen) atoms. The molecule has 1 saturated heterocycles. The number of nitrogens with zero attached hydrogens (tertiary/aromatic N) is 2. The Kier molecular flexibility index (Phi) is 4.71. The Morgan fingerprint density at radius 1 is 1.61 bits per heavy atom. The molecule has 1 fully saturated rings. The third-order valence-electron chi connectivity index (χ3n) is 2.44. The van der Waals surface area contributed by atoms with Crippen LogP contribution in [0, 0.1) is 0 Å². The molecule has 98 valence electrons. The van der Waals surface area contributed by atoms with Crippen molar-refractivity contribution in [1.29, 1.82) is 0 Å². The van der Waals surface area contributed by atoms with Crippen LogP contribution in [0.4, 0.5) is 5.82 Å². The smallest absolute Gasteiger partial charge is 0.343 e. The molecule has 0 radical (unpaired) electrons. The Labute approximate surface area is 114 Å².